The summed E-state index contributed by atoms with van der Waals surface area (Å²) in [6, 6.07) is 0.539. The molecule has 0 radical (unpaired) electrons. The van der Waals surface area contributed by atoms with Crippen LogP contribution in [0, 0.1) is 5.92 Å². The number of carbonyl (C=O) groups is 2. The van der Waals surface area contributed by atoms with Crippen molar-refractivity contribution in [3.63, 3.8) is 0 Å². The number of amides is 3. The maximum atomic E-state index is 13.4. The highest BCUT2D eigenvalue weighted by Crippen LogP contribution is 2.32. The van der Waals surface area contributed by atoms with Crippen molar-refractivity contribution in [1.29, 1.82) is 0 Å². The largest absolute Gasteiger partial charge is 0.327 e. The van der Waals surface area contributed by atoms with E-state index in [0.29, 0.717) is 12.6 Å². The molecule has 0 bridgehead atoms. The van der Waals surface area contributed by atoms with Crippen LogP contribution in [-0.4, -0.2) is 64.9 Å². The predicted octanol–water partition coefficient (Wildman–Crippen LogP) is 4.02. The van der Waals surface area contributed by atoms with Gasteiger partial charge in [-0.1, -0.05) is 44.9 Å². The third-order valence-electron chi connectivity index (χ3n) is 7.34. The average molecular weight is 376 g/mol. The summed E-state index contributed by atoms with van der Waals surface area (Å²) in [6.45, 7) is 3.73. The lowest BCUT2D eigenvalue weighted by atomic mass is 9.89. The number of piperidine rings is 1. The van der Waals surface area contributed by atoms with Crippen LogP contribution in [0.2, 0.25) is 0 Å². The highest BCUT2D eigenvalue weighted by molar-refractivity contribution is 5.98. The number of hydrogen-bond donors (Lipinski definition) is 0. The van der Waals surface area contributed by atoms with Gasteiger partial charge in [-0.05, 0) is 51.6 Å². The summed E-state index contributed by atoms with van der Waals surface area (Å²) in [4.78, 5) is 33.1. The number of carbonyl (C=O) groups excluding carboxylic acids is 2. The van der Waals surface area contributed by atoms with E-state index in [9.17, 15) is 9.59 Å². The third-order valence-corrected chi connectivity index (χ3v) is 7.34. The van der Waals surface area contributed by atoms with E-state index < -0.39 is 0 Å². The minimum Gasteiger partial charge on any atom is -0.320 e. The van der Waals surface area contributed by atoms with Crippen molar-refractivity contribution in [2.45, 2.75) is 95.6 Å². The Labute approximate surface area is 164 Å². The second kappa shape index (κ2) is 8.93. The van der Waals surface area contributed by atoms with Crippen LogP contribution in [0.25, 0.3) is 0 Å². The van der Waals surface area contributed by atoms with Crippen molar-refractivity contribution in [2.75, 3.05) is 26.2 Å². The van der Waals surface area contributed by atoms with Crippen LogP contribution >= 0.6 is 0 Å². The fourth-order valence-corrected chi connectivity index (χ4v) is 5.79. The number of nitrogens with zero attached hydrogens (tertiary/aromatic N) is 3. The highest BCUT2D eigenvalue weighted by atomic mass is 16.2. The Hall–Kier alpha value is -1.10. The molecular weight excluding hydrogens is 338 g/mol. The molecule has 0 spiro atoms. The number of hydrogen-bond acceptors (Lipinski definition) is 3. The van der Waals surface area contributed by atoms with Gasteiger partial charge in [0.2, 0.25) is 5.91 Å². The van der Waals surface area contributed by atoms with E-state index in [1.54, 1.807) is 4.90 Å². The molecule has 2 aliphatic carbocycles. The lowest BCUT2D eigenvalue weighted by Crippen LogP contribution is -2.64. The van der Waals surface area contributed by atoms with Crippen molar-refractivity contribution in [3.05, 3.63) is 0 Å². The molecule has 5 nitrogen and oxygen atoms in total. The minimum atomic E-state index is -0.0235. The van der Waals surface area contributed by atoms with Crippen LogP contribution in [0.5, 0.6) is 0 Å². The Bertz CT molecular complexity index is 520. The summed E-state index contributed by atoms with van der Waals surface area (Å²) in [7, 11) is 0. The lowest BCUT2D eigenvalue weighted by molar-refractivity contribution is -0.140. The van der Waals surface area contributed by atoms with E-state index >= 15 is 0 Å². The molecule has 1 atom stereocenters. The van der Waals surface area contributed by atoms with Gasteiger partial charge >= 0.3 is 6.03 Å². The number of imide groups is 1. The molecule has 0 aromatic carbocycles. The molecule has 2 saturated heterocycles. The van der Waals surface area contributed by atoms with Crippen molar-refractivity contribution in [2.24, 2.45) is 5.92 Å². The second-order valence-corrected chi connectivity index (χ2v) is 9.29. The summed E-state index contributed by atoms with van der Waals surface area (Å²) in [5.41, 5.74) is 0. The fourth-order valence-electron chi connectivity index (χ4n) is 5.79. The summed E-state index contributed by atoms with van der Waals surface area (Å²) < 4.78 is 0. The summed E-state index contributed by atoms with van der Waals surface area (Å²) in [6.07, 6.45) is 15.4. The van der Waals surface area contributed by atoms with Crippen molar-refractivity contribution < 1.29 is 9.59 Å². The van der Waals surface area contributed by atoms with Crippen LogP contribution < -0.4 is 0 Å². The lowest BCUT2D eigenvalue weighted by Gasteiger charge is -2.47. The Balaban J connectivity index is 1.52. The van der Waals surface area contributed by atoms with Gasteiger partial charge in [-0.2, -0.15) is 0 Å². The Morgan fingerprint density at radius 1 is 0.704 bits per heavy atom. The standard InChI is InChI=1S/C22H37N3O2/c26-21-18(16-23-14-8-3-9-15-23)17-24(19-10-4-1-5-11-19)22(27)25(21)20-12-6-2-7-13-20/h18-20H,1-17H2. The topological polar surface area (TPSA) is 43.9 Å². The van der Waals surface area contributed by atoms with Gasteiger partial charge in [-0.25, -0.2) is 4.79 Å². The zero-order chi connectivity index (χ0) is 18.6. The molecule has 1 unspecified atom stereocenters. The van der Waals surface area contributed by atoms with Crippen molar-refractivity contribution in [1.82, 2.24) is 14.7 Å². The smallest absolute Gasteiger partial charge is 0.320 e. The molecule has 0 aromatic heterocycles. The summed E-state index contributed by atoms with van der Waals surface area (Å²) in [5, 5.41) is 0. The molecule has 0 N–H and O–H groups in total. The van der Waals surface area contributed by atoms with E-state index in [2.05, 4.69) is 9.80 Å². The molecule has 4 aliphatic rings. The first kappa shape index (κ1) is 19.2. The maximum Gasteiger partial charge on any atom is 0.327 e. The zero-order valence-electron chi connectivity index (χ0n) is 16.9. The Morgan fingerprint density at radius 3 is 1.89 bits per heavy atom. The SMILES string of the molecule is O=C1C(CN2CCCCC2)CN(C2CCCCC2)C(=O)N1C1CCCCC1. The van der Waals surface area contributed by atoms with Crippen molar-refractivity contribution in [3.8, 4) is 0 Å². The van der Waals surface area contributed by atoms with Gasteiger partial charge in [0.25, 0.3) is 0 Å². The molecule has 27 heavy (non-hydrogen) atoms. The summed E-state index contributed by atoms with van der Waals surface area (Å²) >= 11 is 0. The van der Waals surface area contributed by atoms with Gasteiger partial charge in [-0.15, -0.1) is 0 Å². The molecule has 5 heteroatoms. The van der Waals surface area contributed by atoms with E-state index in [1.807, 2.05) is 0 Å². The van der Waals surface area contributed by atoms with Crippen LogP contribution in [0.3, 0.4) is 0 Å². The number of urea groups is 1. The minimum absolute atomic E-state index is 0.0235. The van der Waals surface area contributed by atoms with Crippen LogP contribution in [0.4, 0.5) is 4.79 Å². The maximum absolute atomic E-state index is 13.4. The Morgan fingerprint density at radius 2 is 1.26 bits per heavy atom. The quantitative estimate of drug-likeness (QED) is 0.745. The van der Waals surface area contributed by atoms with Gasteiger partial charge in [-0.3, -0.25) is 9.69 Å². The Kier molecular flexibility index (Phi) is 6.36. The van der Waals surface area contributed by atoms with E-state index in [0.717, 1.165) is 58.2 Å². The monoisotopic (exact) mass is 375 g/mol. The molecule has 4 rings (SSSR count). The molecule has 3 amide bonds. The van der Waals surface area contributed by atoms with Gasteiger partial charge in [0.05, 0.1) is 5.92 Å². The average Bonchev–Trinajstić information content (AvgIpc) is 2.72. The van der Waals surface area contributed by atoms with Crippen molar-refractivity contribution >= 4 is 11.9 Å². The molecule has 2 aliphatic heterocycles. The molecule has 2 saturated carbocycles. The number of rotatable bonds is 4. The van der Waals surface area contributed by atoms with Gasteiger partial charge < -0.3 is 9.80 Å². The molecule has 0 aromatic rings. The predicted molar refractivity (Wildman–Crippen MR) is 106 cm³/mol. The van der Waals surface area contributed by atoms with Crippen LogP contribution in [0.1, 0.15) is 83.5 Å². The molecular formula is C22H37N3O2. The fraction of sp³-hybridized carbons (Fsp3) is 0.909. The van der Waals surface area contributed by atoms with Crippen LogP contribution in [-0.2, 0) is 4.79 Å². The van der Waals surface area contributed by atoms with Gasteiger partial charge in [0.1, 0.15) is 0 Å². The van der Waals surface area contributed by atoms with Gasteiger partial charge in [0, 0.05) is 25.2 Å². The first-order valence-corrected chi connectivity index (χ1v) is 11.6. The zero-order valence-corrected chi connectivity index (χ0v) is 16.9. The molecule has 152 valence electrons. The highest BCUT2D eigenvalue weighted by Gasteiger charge is 2.45. The van der Waals surface area contributed by atoms with Gasteiger partial charge in [0.15, 0.2) is 0 Å². The summed E-state index contributed by atoms with van der Waals surface area (Å²) in [5.74, 6) is 0.106. The third kappa shape index (κ3) is 4.33. The number of likely N-dealkylation sites (tertiary alicyclic amines) is 1. The molecule has 2 heterocycles. The van der Waals surface area contributed by atoms with E-state index in [-0.39, 0.29) is 23.9 Å². The van der Waals surface area contributed by atoms with Crippen LogP contribution in [0.15, 0.2) is 0 Å². The first-order valence-electron chi connectivity index (χ1n) is 11.6. The van der Waals surface area contributed by atoms with E-state index in [4.69, 9.17) is 0 Å². The normalized spacial score (nSPS) is 30.1. The molecule has 4 fully saturated rings. The second-order valence-electron chi connectivity index (χ2n) is 9.29. The first-order chi connectivity index (χ1) is 13.2. The van der Waals surface area contributed by atoms with E-state index in [1.165, 1.54) is 44.9 Å².